The maximum absolute atomic E-state index is 11.9. The Bertz CT molecular complexity index is 434. The summed E-state index contributed by atoms with van der Waals surface area (Å²) in [5.74, 6) is -0.101. The summed E-state index contributed by atoms with van der Waals surface area (Å²) in [6.07, 6.45) is 4.52. The van der Waals surface area contributed by atoms with E-state index in [1.165, 1.54) is 12.8 Å². The van der Waals surface area contributed by atoms with E-state index in [-0.39, 0.29) is 11.9 Å². The van der Waals surface area contributed by atoms with Crippen LogP contribution in [0.2, 0.25) is 0 Å². The van der Waals surface area contributed by atoms with Crippen molar-refractivity contribution in [2.45, 2.75) is 45.6 Å². The van der Waals surface area contributed by atoms with Gasteiger partial charge in [0.2, 0.25) is 0 Å². The first kappa shape index (κ1) is 14.2. The van der Waals surface area contributed by atoms with Crippen molar-refractivity contribution < 1.29 is 4.79 Å². The summed E-state index contributed by atoms with van der Waals surface area (Å²) in [6.45, 7) is 4.18. The van der Waals surface area contributed by atoms with E-state index in [1.807, 2.05) is 13.0 Å². The highest BCUT2D eigenvalue weighted by molar-refractivity contribution is 5.94. The van der Waals surface area contributed by atoms with E-state index in [0.29, 0.717) is 11.1 Å². The highest BCUT2D eigenvalue weighted by Gasteiger charge is 2.09. The van der Waals surface area contributed by atoms with E-state index >= 15 is 0 Å². The summed E-state index contributed by atoms with van der Waals surface area (Å²) in [7, 11) is 0. The molecule has 1 N–H and O–H groups in total. The number of amides is 1. The van der Waals surface area contributed by atoms with Crippen LogP contribution in [0.1, 0.15) is 55.5 Å². The van der Waals surface area contributed by atoms with Crippen molar-refractivity contribution in [3.8, 4) is 6.07 Å². The summed E-state index contributed by atoms with van der Waals surface area (Å²) in [5.41, 5.74) is 1.07. The molecule has 1 unspecified atom stereocenters. The monoisotopic (exact) mass is 244 g/mol. The molecule has 0 aliphatic carbocycles. The second-order valence-corrected chi connectivity index (χ2v) is 4.56. The molecule has 0 saturated carbocycles. The molecule has 1 aromatic carbocycles. The van der Waals surface area contributed by atoms with Crippen LogP contribution in [0.15, 0.2) is 24.3 Å². The molecule has 1 rings (SSSR count). The molecule has 1 amide bonds. The predicted octanol–water partition coefficient (Wildman–Crippen LogP) is 3.26. The van der Waals surface area contributed by atoms with Gasteiger partial charge in [-0.2, -0.15) is 5.26 Å². The summed E-state index contributed by atoms with van der Waals surface area (Å²) in [6, 6.07) is 8.99. The van der Waals surface area contributed by atoms with Crippen molar-refractivity contribution in [1.82, 2.24) is 5.32 Å². The molecule has 0 aliphatic heterocycles. The summed E-state index contributed by atoms with van der Waals surface area (Å²) in [5, 5.41) is 11.7. The van der Waals surface area contributed by atoms with Gasteiger partial charge in [0.25, 0.3) is 5.91 Å². The van der Waals surface area contributed by atoms with E-state index in [2.05, 4.69) is 12.2 Å². The van der Waals surface area contributed by atoms with Crippen LogP contribution >= 0.6 is 0 Å². The summed E-state index contributed by atoms with van der Waals surface area (Å²) in [4.78, 5) is 11.9. The molecule has 1 aromatic rings. The first-order valence-corrected chi connectivity index (χ1v) is 6.48. The lowest BCUT2D eigenvalue weighted by atomic mass is 10.1. The summed E-state index contributed by atoms with van der Waals surface area (Å²) >= 11 is 0. The lowest BCUT2D eigenvalue weighted by Crippen LogP contribution is -2.32. The van der Waals surface area contributed by atoms with Gasteiger partial charge in [-0.05, 0) is 31.5 Å². The molecular weight excluding hydrogens is 224 g/mol. The zero-order chi connectivity index (χ0) is 13.4. The molecule has 0 aliphatic rings. The maximum atomic E-state index is 11.9. The second-order valence-electron chi connectivity index (χ2n) is 4.56. The molecule has 0 fully saturated rings. The predicted molar refractivity (Wildman–Crippen MR) is 72.2 cm³/mol. The molecule has 96 valence electrons. The van der Waals surface area contributed by atoms with Gasteiger partial charge in [0.05, 0.1) is 11.6 Å². The van der Waals surface area contributed by atoms with E-state index in [4.69, 9.17) is 5.26 Å². The molecule has 0 spiro atoms. The number of hydrogen-bond acceptors (Lipinski definition) is 2. The number of nitriles is 1. The van der Waals surface area contributed by atoms with Crippen molar-refractivity contribution in [1.29, 1.82) is 5.26 Å². The van der Waals surface area contributed by atoms with Gasteiger partial charge in [-0.25, -0.2) is 0 Å². The minimum atomic E-state index is -0.101. The molecule has 0 saturated heterocycles. The smallest absolute Gasteiger partial charge is 0.251 e. The largest absolute Gasteiger partial charge is 0.350 e. The quantitative estimate of drug-likeness (QED) is 0.781. The Labute approximate surface area is 109 Å². The highest BCUT2D eigenvalue weighted by Crippen LogP contribution is 2.07. The van der Waals surface area contributed by atoms with Crippen LogP contribution in [-0.4, -0.2) is 11.9 Å². The van der Waals surface area contributed by atoms with Gasteiger partial charge in [0.15, 0.2) is 0 Å². The van der Waals surface area contributed by atoms with Crippen LogP contribution in [0.3, 0.4) is 0 Å². The van der Waals surface area contributed by atoms with Crippen molar-refractivity contribution in [2.24, 2.45) is 0 Å². The van der Waals surface area contributed by atoms with Gasteiger partial charge in [0.1, 0.15) is 0 Å². The van der Waals surface area contributed by atoms with E-state index in [0.717, 1.165) is 12.8 Å². The fourth-order valence-electron chi connectivity index (χ4n) is 1.81. The maximum Gasteiger partial charge on any atom is 0.251 e. The molecular formula is C15H20N2O. The fraction of sp³-hybridized carbons (Fsp3) is 0.467. The van der Waals surface area contributed by atoms with Crippen molar-refractivity contribution >= 4 is 5.91 Å². The van der Waals surface area contributed by atoms with Gasteiger partial charge >= 0.3 is 0 Å². The van der Waals surface area contributed by atoms with Gasteiger partial charge in [0, 0.05) is 11.6 Å². The number of benzene rings is 1. The van der Waals surface area contributed by atoms with Gasteiger partial charge < -0.3 is 5.32 Å². The summed E-state index contributed by atoms with van der Waals surface area (Å²) < 4.78 is 0. The highest BCUT2D eigenvalue weighted by atomic mass is 16.1. The fourth-order valence-corrected chi connectivity index (χ4v) is 1.81. The Morgan fingerprint density at radius 1 is 1.44 bits per heavy atom. The third-order valence-electron chi connectivity index (χ3n) is 2.87. The number of rotatable bonds is 6. The Hall–Kier alpha value is -1.82. The third kappa shape index (κ3) is 4.58. The minimum absolute atomic E-state index is 0.101. The van der Waals surface area contributed by atoms with E-state index < -0.39 is 0 Å². The van der Waals surface area contributed by atoms with Crippen molar-refractivity contribution in [2.75, 3.05) is 0 Å². The van der Waals surface area contributed by atoms with Crippen LogP contribution < -0.4 is 5.32 Å². The molecule has 3 heteroatoms. The molecule has 3 nitrogen and oxygen atoms in total. The number of nitrogens with zero attached hydrogens (tertiary/aromatic N) is 1. The molecule has 18 heavy (non-hydrogen) atoms. The number of hydrogen-bond donors (Lipinski definition) is 1. The zero-order valence-corrected chi connectivity index (χ0v) is 11.1. The van der Waals surface area contributed by atoms with Gasteiger partial charge in [-0.1, -0.05) is 32.3 Å². The molecule has 0 heterocycles. The van der Waals surface area contributed by atoms with Crippen LogP contribution in [0, 0.1) is 11.3 Å². The number of unbranched alkanes of at least 4 members (excludes halogenated alkanes) is 2. The van der Waals surface area contributed by atoms with Crippen LogP contribution in [0.25, 0.3) is 0 Å². The Morgan fingerprint density at radius 3 is 2.89 bits per heavy atom. The average molecular weight is 244 g/mol. The Morgan fingerprint density at radius 2 is 2.22 bits per heavy atom. The minimum Gasteiger partial charge on any atom is -0.350 e. The molecule has 1 atom stereocenters. The molecule has 0 bridgehead atoms. The Kier molecular flexibility index (Phi) is 5.93. The number of nitrogens with one attached hydrogen (secondary N) is 1. The second kappa shape index (κ2) is 7.50. The average Bonchev–Trinajstić information content (AvgIpc) is 2.39. The zero-order valence-electron chi connectivity index (χ0n) is 11.1. The van der Waals surface area contributed by atoms with Crippen molar-refractivity contribution in [3.05, 3.63) is 35.4 Å². The third-order valence-corrected chi connectivity index (χ3v) is 2.87. The van der Waals surface area contributed by atoms with Crippen LogP contribution in [0.4, 0.5) is 0 Å². The molecule has 0 radical (unpaired) electrons. The Balaban J connectivity index is 2.51. The first-order chi connectivity index (χ1) is 8.67. The van der Waals surface area contributed by atoms with E-state index in [9.17, 15) is 4.79 Å². The lowest BCUT2D eigenvalue weighted by molar-refractivity contribution is 0.0938. The van der Waals surface area contributed by atoms with Gasteiger partial charge in [-0.15, -0.1) is 0 Å². The first-order valence-electron chi connectivity index (χ1n) is 6.48. The lowest BCUT2D eigenvalue weighted by Gasteiger charge is -2.13. The van der Waals surface area contributed by atoms with E-state index in [1.54, 1.807) is 24.3 Å². The standard InChI is InChI=1S/C15H20N2O/c1-3-4-5-7-12(2)17-15(18)14-9-6-8-13(10-14)11-16/h6,8-10,12H,3-5,7H2,1-2H3,(H,17,18). The number of carbonyl (C=O) groups excluding carboxylic acids is 1. The molecule has 0 aromatic heterocycles. The van der Waals surface area contributed by atoms with Crippen molar-refractivity contribution in [3.63, 3.8) is 0 Å². The normalized spacial score (nSPS) is 11.6. The topological polar surface area (TPSA) is 52.9 Å². The SMILES string of the molecule is CCCCCC(C)NC(=O)c1cccc(C#N)c1. The van der Waals surface area contributed by atoms with Gasteiger partial charge in [-0.3, -0.25) is 4.79 Å². The van der Waals surface area contributed by atoms with Crippen LogP contribution in [-0.2, 0) is 0 Å². The number of carbonyl (C=O) groups is 1. The van der Waals surface area contributed by atoms with Crippen LogP contribution in [0.5, 0.6) is 0 Å².